The molecule has 0 radical (unpaired) electrons. The summed E-state index contributed by atoms with van der Waals surface area (Å²) >= 11 is 3.56. The van der Waals surface area contributed by atoms with Crippen LogP contribution in [-0.4, -0.2) is 9.13 Å². The van der Waals surface area contributed by atoms with E-state index in [9.17, 15) is 4.79 Å². The summed E-state index contributed by atoms with van der Waals surface area (Å²) < 4.78 is 9.45. The van der Waals surface area contributed by atoms with Gasteiger partial charge in [0.1, 0.15) is 5.76 Å². The lowest BCUT2D eigenvalue weighted by Crippen LogP contribution is -2.19. The van der Waals surface area contributed by atoms with E-state index in [1.54, 1.807) is 29.5 Å². The number of fused-ring (bicyclic) bond motifs is 1. The Hall–Kier alpha value is -1.79. The standard InChI is InChI=1S/C15H16BrN3O2/c1-8-9(4-5-21-8)14(17)10-6-12-13(7-11(10)16)19(3)15(20)18(12)2/h4-7,14H,17H2,1-3H3. The number of nitrogens with two attached hydrogens (primary N) is 1. The van der Waals surface area contributed by atoms with E-state index in [4.69, 9.17) is 10.2 Å². The van der Waals surface area contributed by atoms with Gasteiger partial charge in [-0.15, -0.1) is 0 Å². The molecule has 1 unspecified atom stereocenters. The third-order valence-corrected chi connectivity index (χ3v) is 4.65. The second-order valence-electron chi connectivity index (χ2n) is 5.17. The van der Waals surface area contributed by atoms with Crippen molar-refractivity contribution in [2.75, 3.05) is 0 Å². The van der Waals surface area contributed by atoms with E-state index in [1.807, 2.05) is 25.1 Å². The second kappa shape index (κ2) is 4.89. The van der Waals surface area contributed by atoms with Crippen molar-refractivity contribution in [1.82, 2.24) is 9.13 Å². The molecule has 0 fully saturated rings. The Morgan fingerprint density at radius 3 is 2.38 bits per heavy atom. The molecule has 2 heterocycles. The molecule has 6 heteroatoms. The van der Waals surface area contributed by atoms with E-state index in [1.165, 1.54) is 0 Å². The van der Waals surface area contributed by atoms with E-state index in [2.05, 4.69) is 15.9 Å². The van der Waals surface area contributed by atoms with Gasteiger partial charge in [-0.2, -0.15) is 0 Å². The van der Waals surface area contributed by atoms with Crippen molar-refractivity contribution in [3.8, 4) is 0 Å². The molecule has 2 N–H and O–H groups in total. The van der Waals surface area contributed by atoms with Gasteiger partial charge in [0.25, 0.3) is 0 Å². The van der Waals surface area contributed by atoms with Crippen LogP contribution < -0.4 is 11.4 Å². The maximum Gasteiger partial charge on any atom is 0.328 e. The number of aryl methyl sites for hydroxylation is 3. The second-order valence-corrected chi connectivity index (χ2v) is 6.03. The summed E-state index contributed by atoms with van der Waals surface area (Å²) in [4.78, 5) is 12.0. The normalized spacial score (nSPS) is 13.0. The molecule has 1 atom stereocenters. The zero-order chi connectivity index (χ0) is 15.3. The van der Waals surface area contributed by atoms with Crippen LogP contribution in [0.5, 0.6) is 0 Å². The van der Waals surface area contributed by atoms with Gasteiger partial charge >= 0.3 is 5.69 Å². The van der Waals surface area contributed by atoms with E-state index < -0.39 is 0 Å². The highest BCUT2D eigenvalue weighted by atomic mass is 79.9. The summed E-state index contributed by atoms with van der Waals surface area (Å²) in [5.41, 5.74) is 9.90. The van der Waals surface area contributed by atoms with Crippen LogP contribution >= 0.6 is 15.9 Å². The van der Waals surface area contributed by atoms with Crippen molar-refractivity contribution in [1.29, 1.82) is 0 Å². The first-order chi connectivity index (χ1) is 9.91. The van der Waals surface area contributed by atoms with Gasteiger partial charge in [-0.05, 0) is 30.7 Å². The summed E-state index contributed by atoms with van der Waals surface area (Å²) in [6.45, 7) is 1.89. The van der Waals surface area contributed by atoms with Crippen molar-refractivity contribution in [3.05, 3.63) is 56.3 Å². The van der Waals surface area contributed by atoms with Gasteiger partial charge in [-0.1, -0.05) is 15.9 Å². The fourth-order valence-electron chi connectivity index (χ4n) is 2.66. The highest BCUT2D eigenvalue weighted by molar-refractivity contribution is 9.10. The van der Waals surface area contributed by atoms with Gasteiger partial charge in [0.15, 0.2) is 0 Å². The molecule has 3 rings (SSSR count). The summed E-state index contributed by atoms with van der Waals surface area (Å²) in [7, 11) is 3.52. The monoisotopic (exact) mass is 349 g/mol. The summed E-state index contributed by atoms with van der Waals surface area (Å²) in [5.74, 6) is 0.802. The summed E-state index contributed by atoms with van der Waals surface area (Å²) in [6, 6.07) is 5.46. The lowest BCUT2D eigenvalue weighted by Gasteiger charge is -2.14. The topological polar surface area (TPSA) is 66.1 Å². The zero-order valence-electron chi connectivity index (χ0n) is 12.1. The number of halogens is 1. The van der Waals surface area contributed by atoms with Gasteiger partial charge < -0.3 is 10.2 Å². The Morgan fingerprint density at radius 1 is 1.19 bits per heavy atom. The average molecular weight is 350 g/mol. The van der Waals surface area contributed by atoms with Crippen LogP contribution in [0.25, 0.3) is 11.0 Å². The zero-order valence-corrected chi connectivity index (χ0v) is 13.6. The Balaban J connectivity index is 2.24. The molecule has 3 aromatic rings. The predicted octanol–water partition coefficient (Wildman–Crippen LogP) is 2.59. The van der Waals surface area contributed by atoms with E-state index in [0.717, 1.165) is 32.4 Å². The van der Waals surface area contributed by atoms with Gasteiger partial charge in [-0.25, -0.2) is 4.79 Å². The number of imidazole rings is 1. The highest BCUT2D eigenvalue weighted by Crippen LogP contribution is 2.32. The molecule has 2 aromatic heterocycles. The van der Waals surface area contributed by atoms with Crippen molar-refractivity contribution in [2.45, 2.75) is 13.0 Å². The van der Waals surface area contributed by atoms with Gasteiger partial charge in [0, 0.05) is 24.1 Å². The van der Waals surface area contributed by atoms with Crippen LogP contribution in [-0.2, 0) is 14.1 Å². The minimum absolute atomic E-state index is 0.0536. The first kappa shape index (κ1) is 14.2. The van der Waals surface area contributed by atoms with Crippen LogP contribution in [0.3, 0.4) is 0 Å². The molecular weight excluding hydrogens is 334 g/mol. The lowest BCUT2D eigenvalue weighted by molar-refractivity contribution is 0.527. The molecule has 21 heavy (non-hydrogen) atoms. The molecule has 110 valence electrons. The number of nitrogens with zero attached hydrogens (tertiary/aromatic N) is 2. The molecule has 0 saturated carbocycles. The van der Waals surface area contributed by atoms with E-state index in [0.29, 0.717) is 0 Å². The molecule has 0 aliphatic heterocycles. The van der Waals surface area contributed by atoms with Crippen LogP contribution in [0.15, 0.2) is 38.1 Å². The first-order valence-corrected chi connectivity index (χ1v) is 7.35. The first-order valence-electron chi connectivity index (χ1n) is 6.56. The molecule has 5 nitrogen and oxygen atoms in total. The predicted molar refractivity (Wildman–Crippen MR) is 85.3 cm³/mol. The van der Waals surface area contributed by atoms with Crippen LogP contribution in [0.2, 0.25) is 0 Å². The molecule has 0 aliphatic carbocycles. The molecular formula is C15H16BrN3O2. The SMILES string of the molecule is Cc1occc1C(N)c1cc2c(cc1Br)n(C)c(=O)n2C. The lowest BCUT2D eigenvalue weighted by atomic mass is 10.00. The molecule has 1 aromatic carbocycles. The fraction of sp³-hybridized carbons (Fsp3) is 0.267. The molecule has 0 aliphatic rings. The number of furan rings is 1. The molecule has 0 saturated heterocycles. The summed E-state index contributed by atoms with van der Waals surface area (Å²) in [5, 5.41) is 0. The number of benzene rings is 1. The van der Waals surface area contributed by atoms with Crippen molar-refractivity contribution in [2.24, 2.45) is 19.8 Å². The third-order valence-electron chi connectivity index (χ3n) is 3.96. The number of rotatable bonds is 2. The van der Waals surface area contributed by atoms with Gasteiger partial charge in [0.2, 0.25) is 0 Å². The van der Waals surface area contributed by atoms with Crippen molar-refractivity contribution < 1.29 is 4.42 Å². The van der Waals surface area contributed by atoms with Gasteiger partial charge in [-0.3, -0.25) is 9.13 Å². The van der Waals surface area contributed by atoms with E-state index >= 15 is 0 Å². The quantitative estimate of drug-likeness (QED) is 0.773. The maximum atomic E-state index is 12.0. The number of aromatic nitrogens is 2. The van der Waals surface area contributed by atoms with Crippen molar-refractivity contribution >= 4 is 27.0 Å². The van der Waals surface area contributed by atoms with Gasteiger partial charge in [0.05, 0.1) is 23.3 Å². The minimum atomic E-state index is -0.308. The summed E-state index contributed by atoms with van der Waals surface area (Å²) in [6.07, 6.45) is 1.63. The molecule has 0 spiro atoms. The third kappa shape index (κ3) is 2.06. The maximum absolute atomic E-state index is 12.0. The highest BCUT2D eigenvalue weighted by Gasteiger charge is 2.19. The number of hydrogen-bond acceptors (Lipinski definition) is 3. The molecule has 0 bridgehead atoms. The van der Waals surface area contributed by atoms with Crippen LogP contribution in [0.4, 0.5) is 0 Å². The van der Waals surface area contributed by atoms with Crippen LogP contribution in [0, 0.1) is 6.92 Å². The minimum Gasteiger partial charge on any atom is -0.469 e. The Morgan fingerprint density at radius 2 is 1.81 bits per heavy atom. The van der Waals surface area contributed by atoms with E-state index in [-0.39, 0.29) is 11.7 Å². The largest absolute Gasteiger partial charge is 0.469 e. The number of hydrogen-bond donors (Lipinski definition) is 1. The molecule has 0 amide bonds. The fourth-order valence-corrected chi connectivity index (χ4v) is 3.24. The Kier molecular flexibility index (Phi) is 3.30. The smallest absolute Gasteiger partial charge is 0.328 e. The van der Waals surface area contributed by atoms with Crippen LogP contribution in [0.1, 0.15) is 22.9 Å². The average Bonchev–Trinajstić information content (AvgIpc) is 2.97. The Labute approximate surface area is 130 Å². The Bertz CT molecular complexity index is 888. The van der Waals surface area contributed by atoms with Crippen molar-refractivity contribution in [3.63, 3.8) is 0 Å².